The Morgan fingerprint density at radius 3 is 2.08 bits per heavy atom. The predicted octanol–water partition coefficient (Wildman–Crippen LogP) is -4.54. The Hall–Kier alpha value is -0.490. The summed E-state index contributed by atoms with van der Waals surface area (Å²) in [5, 5.41) is 59.1. The van der Waals surface area contributed by atoms with E-state index in [1.807, 2.05) is 0 Å². The summed E-state index contributed by atoms with van der Waals surface area (Å²) >= 11 is 0. The van der Waals surface area contributed by atoms with Crippen molar-refractivity contribution in [3.8, 4) is 0 Å². The number of hydrogen-bond acceptors (Lipinski definition) is 12. The molecule has 10 atom stereocenters. The third-order valence-electron chi connectivity index (χ3n) is 4.14. The molecule has 0 aromatic carbocycles. The van der Waals surface area contributed by atoms with Crippen LogP contribution in [-0.4, -0.2) is 112 Å². The fraction of sp³-hybridized carbons (Fsp3) is 1.00. The van der Waals surface area contributed by atoms with Crippen molar-refractivity contribution in [2.75, 3.05) is 6.61 Å². The lowest BCUT2D eigenvalue weighted by molar-refractivity contribution is -0.352. The summed E-state index contributed by atoms with van der Waals surface area (Å²) in [4.78, 5) is 0. The van der Waals surface area contributed by atoms with Gasteiger partial charge in [-0.15, -0.1) is 0 Å². The van der Waals surface area contributed by atoms with Crippen LogP contribution in [0.15, 0.2) is 0 Å². The zero-order valence-electron chi connectivity index (χ0n) is 13.5. The van der Waals surface area contributed by atoms with E-state index in [1.165, 1.54) is 6.92 Å². The van der Waals surface area contributed by atoms with Gasteiger partial charge in [0.05, 0.1) is 12.7 Å². The molecule has 2 aliphatic heterocycles. The molecule has 0 spiro atoms. The molecule has 154 valence electrons. The highest BCUT2D eigenvalue weighted by Crippen LogP contribution is 2.28. The molecular formula is C12H22O13S. The van der Waals surface area contributed by atoms with E-state index in [2.05, 4.69) is 4.18 Å². The van der Waals surface area contributed by atoms with Gasteiger partial charge in [0.15, 0.2) is 12.6 Å². The Balaban J connectivity index is 2.10. The second kappa shape index (κ2) is 8.26. The highest BCUT2D eigenvalue weighted by molar-refractivity contribution is 7.80. The quantitative estimate of drug-likeness (QED) is 0.215. The van der Waals surface area contributed by atoms with Crippen molar-refractivity contribution in [1.29, 1.82) is 0 Å². The fourth-order valence-electron chi connectivity index (χ4n) is 2.65. The first-order chi connectivity index (χ1) is 11.9. The van der Waals surface area contributed by atoms with Gasteiger partial charge in [-0.25, -0.2) is 4.18 Å². The minimum Gasteiger partial charge on any atom is -0.388 e. The average molecular weight is 406 g/mol. The lowest BCUT2D eigenvalue weighted by atomic mass is 9.97. The Labute approximate surface area is 148 Å². The van der Waals surface area contributed by atoms with Crippen LogP contribution in [0.3, 0.4) is 0 Å². The Morgan fingerprint density at radius 1 is 0.885 bits per heavy atom. The first kappa shape index (κ1) is 21.8. The first-order valence-electron chi connectivity index (χ1n) is 7.59. The molecule has 2 fully saturated rings. The maximum Gasteiger partial charge on any atom is 0.397 e. The Morgan fingerprint density at radius 2 is 1.50 bits per heavy atom. The standard InChI is InChI=1S/C12H22O13S/c1-3-5(13)7(15)8(16)12(23-3)25-10-6(14)4(2-22-26(19,20)21)24-11(18)9(10)17/h3-18H,2H2,1H3,(H,19,20,21)/t3-,4+,5+,6+,7+,8-,9+,10-,11?,12-/m0/s1. The zero-order chi connectivity index (χ0) is 19.8. The molecule has 0 saturated carbocycles. The molecule has 26 heavy (non-hydrogen) atoms. The van der Waals surface area contributed by atoms with Crippen LogP contribution in [0.5, 0.6) is 0 Å². The smallest absolute Gasteiger partial charge is 0.388 e. The van der Waals surface area contributed by atoms with Crippen molar-refractivity contribution >= 4 is 10.4 Å². The van der Waals surface area contributed by atoms with E-state index in [9.17, 15) is 39.1 Å². The summed E-state index contributed by atoms with van der Waals surface area (Å²) in [5.74, 6) is 0. The lowest BCUT2D eigenvalue weighted by Gasteiger charge is -2.45. The number of hydrogen-bond donors (Lipinski definition) is 7. The number of aliphatic hydroxyl groups is 6. The van der Waals surface area contributed by atoms with E-state index in [4.69, 9.17) is 18.8 Å². The highest BCUT2D eigenvalue weighted by Gasteiger charge is 2.50. The SMILES string of the molecule is C[C@@H]1O[C@@H](O[C@H]2[C@H](O)[C@@H](COS(=O)(=O)O)OC(O)[C@@H]2O)[C@@H](O)[C@H](O)[C@@H]1O. The van der Waals surface area contributed by atoms with Crippen LogP contribution >= 0.6 is 0 Å². The summed E-state index contributed by atoms with van der Waals surface area (Å²) in [5.41, 5.74) is 0. The lowest BCUT2D eigenvalue weighted by Crippen LogP contribution is -2.64. The summed E-state index contributed by atoms with van der Waals surface area (Å²) < 4.78 is 49.1. The van der Waals surface area contributed by atoms with Gasteiger partial charge in [-0.1, -0.05) is 0 Å². The Bertz CT molecular complexity index is 569. The van der Waals surface area contributed by atoms with Gasteiger partial charge in [0.1, 0.15) is 42.7 Å². The van der Waals surface area contributed by atoms with E-state index < -0.39 is 78.4 Å². The monoisotopic (exact) mass is 406 g/mol. The molecule has 7 N–H and O–H groups in total. The topological polar surface area (TPSA) is 213 Å². The van der Waals surface area contributed by atoms with Gasteiger partial charge in [0.25, 0.3) is 0 Å². The summed E-state index contributed by atoms with van der Waals surface area (Å²) in [6.07, 6.45) is -16.1. The zero-order valence-corrected chi connectivity index (χ0v) is 14.3. The average Bonchev–Trinajstić information content (AvgIpc) is 2.55. The van der Waals surface area contributed by atoms with Crippen LogP contribution in [-0.2, 0) is 28.8 Å². The molecule has 0 aromatic rings. The summed E-state index contributed by atoms with van der Waals surface area (Å²) in [7, 11) is -4.85. The van der Waals surface area contributed by atoms with E-state index in [0.717, 1.165) is 0 Å². The van der Waals surface area contributed by atoms with Crippen molar-refractivity contribution in [3.63, 3.8) is 0 Å². The molecule has 2 rings (SSSR count). The van der Waals surface area contributed by atoms with Crippen LogP contribution in [0, 0.1) is 0 Å². The second-order valence-electron chi connectivity index (χ2n) is 6.04. The normalized spacial score (nSPS) is 47.7. The third kappa shape index (κ3) is 4.86. The van der Waals surface area contributed by atoms with Gasteiger partial charge in [-0.05, 0) is 6.92 Å². The molecular weight excluding hydrogens is 384 g/mol. The van der Waals surface area contributed by atoms with E-state index >= 15 is 0 Å². The molecule has 14 heteroatoms. The highest BCUT2D eigenvalue weighted by atomic mass is 32.3. The molecule has 0 aliphatic carbocycles. The van der Waals surface area contributed by atoms with Gasteiger partial charge in [0, 0.05) is 0 Å². The molecule has 13 nitrogen and oxygen atoms in total. The Kier molecular flexibility index (Phi) is 6.92. The molecule has 2 aliphatic rings. The summed E-state index contributed by atoms with van der Waals surface area (Å²) in [6.45, 7) is 0.472. The largest absolute Gasteiger partial charge is 0.397 e. The van der Waals surface area contributed by atoms with E-state index in [1.54, 1.807) is 0 Å². The molecule has 0 aromatic heterocycles. The van der Waals surface area contributed by atoms with Crippen molar-refractivity contribution in [2.45, 2.75) is 68.3 Å². The van der Waals surface area contributed by atoms with Crippen molar-refractivity contribution in [3.05, 3.63) is 0 Å². The number of aliphatic hydroxyl groups excluding tert-OH is 6. The van der Waals surface area contributed by atoms with Crippen LogP contribution in [0.25, 0.3) is 0 Å². The summed E-state index contributed by atoms with van der Waals surface area (Å²) in [6, 6.07) is 0. The van der Waals surface area contributed by atoms with Gasteiger partial charge in [-0.3, -0.25) is 4.55 Å². The second-order valence-corrected chi connectivity index (χ2v) is 7.13. The maximum atomic E-state index is 10.6. The predicted molar refractivity (Wildman–Crippen MR) is 77.6 cm³/mol. The number of rotatable bonds is 5. The van der Waals surface area contributed by atoms with Crippen LogP contribution in [0.4, 0.5) is 0 Å². The van der Waals surface area contributed by atoms with Crippen LogP contribution in [0.1, 0.15) is 6.92 Å². The van der Waals surface area contributed by atoms with Crippen molar-refractivity contribution < 1.29 is 62.0 Å². The van der Waals surface area contributed by atoms with Crippen LogP contribution in [0.2, 0.25) is 0 Å². The fourth-order valence-corrected chi connectivity index (χ4v) is 2.95. The van der Waals surface area contributed by atoms with Crippen molar-refractivity contribution in [2.24, 2.45) is 0 Å². The molecule has 0 amide bonds. The maximum absolute atomic E-state index is 10.6. The van der Waals surface area contributed by atoms with E-state index in [0.29, 0.717) is 0 Å². The van der Waals surface area contributed by atoms with Gasteiger partial charge in [-0.2, -0.15) is 8.42 Å². The molecule has 0 radical (unpaired) electrons. The van der Waals surface area contributed by atoms with Crippen LogP contribution < -0.4 is 0 Å². The van der Waals surface area contributed by atoms with Crippen molar-refractivity contribution in [1.82, 2.24) is 0 Å². The molecule has 2 saturated heterocycles. The molecule has 2 heterocycles. The number of ether oxygens (including phenoxy) is 3. The molecule has 0 bridgehead atoms. The molecule has 1 unspecified atom stereocenters. The van der Waals surface area contributed by atoms with Gasteiger partial charge >= 0.3 is 10.4 Å². The van der Waals surface area contributed by atoms with E-state index in [-0.39, 0.29) is 0 Å². The third-order valence-corrected chi connectivity index (χ3v) is 4.58. The van der Waals surface area contributed by atoms with Gasteiger partial charge in [0.2, 0.25) is 0 Å². The first-order valence-corrected chi connectivity index (χ1v) is 8.95. The van der Waals surface area contributed by atoms with Gasteiger partial charge < -0.3 is 44.8 Å². The minimum atomic E-state index is -4.85. The minimum absolute atomic E-state index is 0.907.